The van der Waals surface area contributed by atoms with Crippen LogP contribution in [0.15, 0.2) is 67.0 Å². The lowest BCUT2D eigenvalue weighted by Gasteiger charge is -2.34. The van der Waals surface area contributed by atoms with Crippen LogP contribution in [0.4, 0.5) is 5.82 Å². The number of anilines is 1. The SMILES string of the molecule is CC1(C(=O)O)CCCC(c2nc(-c3ccc(Oc4ccccc4)cc3)c3c(N)nccn23)C1. The molecular formula is C26H26N4O3. The molecule has 168 valence electrons. The number of ether oxygens (including phenoxy) is 1. The van der Waals surface area contributed by atoms with Crippen LogP contribution in [0.25, 0.3) is 16.8 Å². The molecule has 1 aliphatic carbocycles. The Kier molecular flexibility index (Phi) is 5.24. The van der Waals surface area contributed by atoms with Crippen LogP contribution in [-0.2, 0) is 4.79 Å². The summed E-state index contributed by atoms with van der Waals surface area (Å²) in [7, 11) is 0. The normalized spacial score (nSPS) is 20.6. The summed E-state index contributed by atoms with van der Waals surface area (Å²) in [6, 6.07) is 17.3. The Morgan fingerprint density at radius 1 is 1.15 bits per heavy atom. The summed E-state index contributed by atoms with van der Waals surface area (Å²) in [6.45, 7) is 1.83. The fourth-order valence-corrected chi connectivity index (χ4v) is 4.78. The molecule has 0 spiro atoms. The molecule has 2 heterocycles. The standard InChI is InChI=1S/C26H26N4O3/c1-26(25(31)32)13-5-6-18(16-26)24-29-21(22-23(27)28-14-15-30(22)24)17-9-11-20(12-10-17)33-19-7-3-2-4-8-19/h2-4,7-12,14-15,18H,5-6,13,16H2,1H3,(H2,27,28)(H,31,32). The zero-order valence-corrected chi connectivity index (χ0v) is 18.4. The highest BCUT2D eigenvalue weighted by molar-refractivity contribution is 5.85. The number of hydrogen-bond donors (Lipinski definition) is 2. The van der Waals surface area contributed by atoms with Gasteiger partial charge in [0, 0.05) is 23.9 Å². The third kappa shape index (κ3) is 3.91. The molecule has 4 aromatic rings. The van der Waals surface area contributed by atoms with Crippen LogP contribution < -0.4 is 10.5 Å². The monoisotopic (exact) mass is 442 g/mol. The van der Waals surface area contributed by atoms with Gasteiger partial charge in [-0.05, 0) is 62.6 Å². The molecule has 1 saturated carbocycles. The van der Waals surface area contributed by atoms with Gasteiger partial charge in [0.25, 0.3) is 0 Å². The molecule has 5 rings (SSSR count). The van der Waals surface area contributed by atoms with Gasteiger partial charge in [-0.2, -0.15) is 0 Å². The van der Waals surface area contributed by atoms with Crippen molar-refractivity contribution in [2.75, 3.05) is 5.73 Å². The molecule has 2 unspecified atom stereocenters. The van der Waals surface area contributed by atoms with Gasteiger partial charge in [-0.25, -0.2) is 9.97 Å². The van der Waals surface area contributed by atoms with E-state index in [-0.39, 0.29) is 5.92 Å². The zero-order valence-electron chi connectivity index (χ0n) is 18.4. The number of benzene rings is 2. The first-order valence-electron chi connectivity index (χ1n) is 11.1. The lowest BCUT2D eigenvalue weighted by atomic mass is 9.70. The number of para-hydroxylation sites is 1. The summed E-state index contributed by atoms with van der Waals surface area (Å²) in [5.74, 6) is 2.02. The van der Waals surface area contributed by atoms with Gasteiger partial charge in [0.1, 0.15) is 34.4 Å². The Morgan fingerprint density at radius 3 is 2.61 bits per heavy atom. The predicted molar refractivity (Wildman–Crippen MR) is 126 cm³/mol. The van der Waals surface area contributed by atoms with E-state index in [9.17, 15) is 9.90 Å². The number of nitrogens with zero attached hydrogens (tertiary/aromatic N) is 3. The largest absolute Gasteiger partial charge is 0.481 e. The van der Waals surface area contributed by atoms with Gasteiger partial charge >= 0.3 is 5.97 Å². The van der Waals surface area contributed by atoms with Crippen LogP contribution in [0, 0.1) is 5.41 Å². The topological polar surface area (TPSA) is 103 Å². The van der Waals surface area contributed by atoms with Gasteiger partial charge in [-0.1, -0.05) is 24.6 Å². The van der Waals surface area contributed by atoms with E-state index < -0.39 is 11.4 Å². The molecule has 2 atom stereocenters. The molecule has 0 saturated heterocycles. The van der Waals surface area contributed by atoms with Crippen molar-refractivity contribution in [3.63, 3.8) is 0 Å². The summed E-state index contributed by atoms with van der Waals surface area (Å²) in [6.07, 6.45) is 6.50. The number of hydrogen-bond acceptors (Lipinski definition) is 5. The molecule has 1 fully saturated rings. The molecule has 33 heavy (non-hydrogen) atoms. The van der Waals surface area contributed by atoms with Crippen LogP contribution in [0.3, 0.4) is 0 Å². The number of carboxylic acid groups (broad SMARTS) is 1. The Bertz CT molecular complexity index is 1300. The first-order chi connectivity index (χ1) is 15.9. The fraction of sp³-hybridized carbons (Fsp3) is 0.269. The van der Waals surface area contributed by atoms with Crippen molar-refractivity contribution in [1.82, 2.24) is 14.4 Å². The lowest BCUT2D eigenvalue weighted by molar-refractivity contribution is -0.150. The van der Waals surface area contributed by atoms with E-state index in [0.29, 0.717) is 18.7 Å². The first-order valence-corrected chi connectivity index (χ1v) is 11.1. The quantitative estimate of drug-likeness (QED) is 0.422. The second kappa shape index (κ2) is 8.24. The summed E-state index contributed by atoms with van der Waals surface area (Å²) in [4.78, 5) is 21.2. The molecule has 7 nitrogen and oxygen atoms in total. The van der Waals surface area contributed by atoms with E-state index in [4.69, 9.17) is 15.5 Å². The van der Waals surface area contributed by atoms with Crippen molar-refractivity contribution in [2.45, 2.75) is 38.5 Å². The zero-order chi connectivity index (χ0) is 23.0. The molecule has 3 N–H and O–H groups in total. The van der Waals surface area contributed by atoms with E-state index in [1.54, 1.807) is 6.20 Å². The van der Waals surface area contributed by atoms with Gasteiger partial charge in [0.2, 0.25) is 0 Å². The summed E-state index contributed by atoms with van der Waals surface area (Å²) >= 11 is 0. The number of imidazole rings is 1. The number of carboxylic acids is 1. The highest BCUT2D eigenvalue weighted by atomic mass is 16.5. The highest BCUT2D eigenvalue weighted by Crippen LogP contribution is 2.45. The number of rotatable bonds is 5. The van der Waals surface area contributed by atoms with Crippen molar-refractivity contribution in [1.29, 1.82) is 0 Å². The van der Waals surface area contributed by atoms with Crippen LogP contribution >= 0.6 is 0 Å². The van der Waals surface area contributed by atoms with Crippen molar-refractivity contribution < 1.29 is 14.6 Å². The Morgan fingerprint density at radius 2 is 1.88 bits per heavy atom. The molecule has 2 aromatic carbocycles. The van der Waals surface area contributed by atoms with Crippen molar-refractivity contribution in [3.8, 4) is 22.8 Å². The van der Waals surface area contributed by atoms with E-state index >= 15 is 0 Å². The lowest BCUT2D eigenvalue weighted by Crippen LogP contribution is -2.33. The maximum absolute atomic E-state index is 11.9. The van der Waals surface area contributed by atoms with Crippen molar-refractivity contribution >= 4 is 17.3 Å². The van der Waals surface area contributed by atoms with Gasteiger partial charge in [-0.3, -0.25) is 9.20 Å². The molecule has 0 bridgehead atoms. The van der Waals surface area contributed by atoms with Gasteiger partial charge in [0.15, 0.2) is 0 Å². The third-order valence-corrected chi connectivity index (χ3v) is 6.58. The second-order valence-corrected chi connectivity index (χ2v) is 8.95. The molecule has 1 aliphatic rings. The number of fused-ring (bicyclic) bond motifs is 1. The van der Waals surface area contributed by atoms with Crippen molar-refractivity contribution in [3.05, 3.63) is 72.8 Å². The summed E-state index contributed by atoms with van der Waals surface area (Å²) < 4.78 is 7.88. The third-order valence-electron chi connectivity index (χ3n) is 6.58. The molecule has 7 heteroatoms. The van der Waals surface area contributed by atoms with Crippen LogP contribution in [0.2, 0.25) is 0 Å². The van der Waals surface area contributed by atoms with Gasteiger partial charge in [0.05, 0.1) is 5.41 Å². The number of aliphatic carboxylic acids is 1. The van der Waals surface area contributed by atoms with Gasteiger partial charge in [-0.15, -0.1) is 0 Å². The van der Waals surface area contributed by atoms with Crippen LogP contribution in [0.5, 0.6) is 11.5 Å². The molecule has 0 radical (unpaired) electrons. The number of carbonyl (C=O) groups is 1. The Labute approximate surface area is 191 Å². The Balaban J connectivity index is 1.52. The average molecular weight is 443 g/mol. The summed E-state index contributed by atoms with van der Waals surface area (Å²) in [5.41, 5.74) is 7.92. The summed E-state index contributed by atoms with van der Waals surface area (Å²) in [5, 5.41) is 9.77. The smallest absolute Gasteiger partial charge is 0.309 e. The fourth-order valence-electron chi connectivity index (χ4n) is 4.78. The molecule has 0 amide bonds. The maximum atomic E-state index is 11.9. The maximum Gasteiger partial charge on any atom is 0.309 e. The molecule has 0 aliphatic heterocycles. The number of nitrogen functional groups attached to an aromatic ring is 1. The van der Waals surface area contributed by atoms with E-state index in [0.717, 1.165) is 46.9 Å². The highest BCUT2D eigenvalue weighted by Gasteiger charge is 2.40. The number of nitrogens with two attached hydrogens (primary N) is 1. The van der Waals surface area contributed by atoms with Crippen LogP contribution in [0.1, 0.15) is 44.3 Å². The van der Waals surface area contributed by atoms with Crippen molar-refractivity contribution in [2.24, 2.45) is 5.41 Å². The molecular weight excluding hydrogens is 416 g/mol. The van der Waals surface area contributed by atoms with E-state index in [1.807, 2.05) is 72.1 Å². The Hall–Kier alpha value is -3.87. The minimum absolute atomic E-state index is 0.0311. The van der Waals surface area contributed by atoms with E-state index in [2.05, 4.69) is 4.98 Å². The van der Waals surface area contributed by atoms with Crippen LogP contribution in [-0.4, -0.2) is 25.4 Å². The predicted octanol–water partition coefficient (Wildman–Crippen LogP) is 5.52. The van der Waals surface area contributed by atoms with E-state index in [1.165, 1.54) is 0 Å². The average Bonchev–Trinajstić information content (AvgIpc) is 3.21. The first kappa shape index (κ1) is 21.0. The van der Waals surface area contributed by atoms with Gasteiger partial charge < -0.3 is 15.6 Å². The second-order valence-electron chi connectivity index (χ2n) is 8.95. The minimum atomic E-state index is -0.747. The molecule has 2 aromatic heterocycles. The minimum Gasteiger partial charge on any atom is -0.481 e. The number of aromatic nitrogens is 3.